The zero-order valence-corrected chi connectivity index (χ0v) is 28.2. The van der Waals surface area contributed by atoms with Gasteiger partial charge < -0.3 is 29.8 Å². The topological polar surface area (TPSA) is 109 Å². The number of nitrogens with zero attached hydrogens (tertiary/aromatic N) is 5. The van der Waals surface area contributed by atoms with Gasteiger partial charge in [-0.05, 0) is 120 Å². The lowest BCUT2D eigenvalue weighted by molar-refractivity contribution is -0.136. The van der Waals surface area contributed by atoms with Gasteiger partial charge in [0.05, 0.1) is 0 Å². The molecule has 0 bridgehead atoms. The molecule has 4 amide bonds. The Morgan fingerprint density at radius 1 is 0.894 bits per heavy atom. The third kappa shape index (κ3) is 8.72. The highest BCUT2D eigenvalue weighted by atomic mass is 16.2. The Morgan fingerprint density at radius 3 is 2.43 bits per heavy atom. The summed E-state index contributed by atoms with van der Waals surface area (Å²) >= 11 is 0. The summed E-state index contributed by atoms with van der Waals surface area (Å²) in [6.07, 6.45) is 12.9. The minimum Gasteiger partial charge on any atom is -0.372 e. The Bertz CT molecular complexity index is 1240. The van der Waals surface area contributed by atoms with E-state index in [1.807, 2.05) is 12.1 Å². The van der Waals surface area contributed by atoms with Gasteiger partial charge in [-0.2, -0.15) is 0 Å². The molecule has 4 fully saturated rings. The van der Waals surface area contributed by atoms with Crippen LogP contribution >= 0.6 is 0 Å². The molecule has 1 aromatic carbocycles. The summed E-state index contributed by atoms with van der Waals surface area (Å²) in [7, 11) is 0. The number of carbonyl (C=O) groups is 4. The fourth-order valence-corrected chi connectivity index (χ4v) is 8.53. The molecule has 4 saturated heterocycles. The van der Waals surface area contributed by atoms with Crippen LogP contribution in [0.1, 0.15) is 86.6 Å². The zero-order valence-electron chi connectivity index (χ0n) is 28.2. The number of likely N-dealkylation sites (tertiary alicyclic amines) is 2. The van der Waals surface area contributed by atoms with Crippen molar-refractivity contribution >= 4 is 29.8 Å². The number of piperidine rings is 4. The third-order valence-electron chi connectivity index (χ3n) is 11.4. The monoisotopic (exact) mass is 649 g/mol. The van der Waals surface area contributed by atoms with Crippen molar-refractivity contribution in [1.29, 1.82) is 0 Å². The van der Waals surface area contributed by atoms with Crippen LogP contribution in [0.2, 0.25) is 0 Å². The van der Waals surface area contributed by atoms with E-state index in [-0.39, 0.29) is 24.1 Å². The summed E-state index contributed by atoms with van der Waals surface area (Å²) in [5, 5.41) is 5.24. The van der Waals surface area contributed by atoms with Gasteiger partial charge in [-0.25, -0.2) is 0 Å². The lowest BCUT2D eigenvalue weighted by Crippen LogP contribution is -2.52. The van der Waals surface area contributed by atoms with Crippen LogP contribution in [0.25, 0.3) is 0 Å². The maximum atomic E-state index is 13.1. The van der Waals surface area contributed by atoms with E-state index in [9.17, 15) is 19.2 Å². The first-order valence-corrected chi connectivity index (χ1v) is 18.4. The van der Waals surface area contributed by atoms with Crippen molar-refractivity contribution in [2.75, 3.05) is 76.9 Å². The Morgan fingerprint density at radius 2 is 1.68 bits per heavy atom. The molecule has 0 aliphatic carbocycles. The molecule has 47 heavy (non-hydrogen) atoms. The molecular formula is C36H55N7O4. The number of nitrogens with one attached hydrogen (secondary N) is 2. The van der Waals surface area contributed by atoms with Crippen molar-refractivity contribution in [1.82, 2.24) is 30.2 Å². The predicted molar refractivity (Wildman–Crippen MR) is 182 cm³/mol. The molecule has 1 unspecified atom stereocenters. The van der Waals surface area contributed by atoms with Crippen molar-refractivity contribution in [2.24, 2.45) is 5.92 Å². The first-order chi connectivity index (χ1) is 23.0. The molecule has 0 saturated carbocycles. The number of benzene rings is 1. The smallest absolute Gasteiger partial charge is 0.255 e. The second kappa shape index (κ2) is 16.4. The quantitative estimate of drug-likeness (QED) is 0.180. The summed E-state index contributed by atoms with van der Waals surface area (Å²) in [5.41, 5.74) is 2.78. The molecule has 258 valence electrons. The predicted octanol–water partition coefficient (Wildman–Crippen LogP) is 2.44. The molecule has 0 spiro atoms. The molecule has 5 aliphatic heterocycles. The summed E-state index contributed by atoms with van der Waals surface area (Å²) in [6, 6.07) is 6.29. The first kappa shape index (κ1) is 33.9. The molecule has 5 aliphatic rings. The summed E-state index contributed by atoms with van der Waals surface area (Å²) < 4.78 is 0. The molecule has 1 atom stereocenters. The maximum absolute atomic E-state index is 13.1. The fraction of sp³-hybridized carbons (Fsp3) is 0.722. The van der Waals surface area contributed by atoms with Crippen molar-refractivity contribution in [3.8, 4) is 0 Å². The van der Waals surface area contributed by atoms with Gasteiger partial charge >= 0.3 is 0 Å². The lowest BCUT2D eigenvalue weighted by atomic mass is 9.91. The molecule has 0 radical (unpaired) electrons. The fourth-order valence-electron chi connectivity index (χ4n) is 8.53. The minimum absolute atomic E-state index is 0.117. The van der Waals surface area contributed by atoms with E-state index in [0.717, 1.165) is 75.8 Å². The number of hydrogen-bond donors (Lipinski definition) is 2. The van der Waals surface area contributed by atoms with Gasteiger partial charge in [0.1, 0.15) is 6.04 Å². The van der Waals surface area contributed by atoms with Crippen molar-refractivity contribution in [3.63, 3.8) is 0 Å². The van der Waals surface area contributed by atoms with Gasteiger partial charge in [0, 0.05) is 69.5 Å². The van der Waals surface area contributed by atoms with E-state index in [2.05, 4.69) is 36.3 Å². The van der Waals surface area contributed by atoms with Crippen LogP contribution in [0.4, 0.5) is 5.69 Å². The molecule has 11 nitrogen and oxygen atoms in total. The normalized spacial score (nSPS) is 23.8. The summed E-state index contributed by atoms with van der Waals surface area (Å²) in [4.78, 5) is 60.0. The van der Waals surface area contributed by atoms with E-state index in [4.69, 9.17) is 0 Å². The SMILES string of the molecule is O=CNCCN(CCCC1CCN(c2ccc3c(c2)CN(C2CCC(=O)NC2=O)C3=O)CC1)CCN1CCC(N2CCCCC2)CC1. The van der Waals surface area contributed by atoms with Crippen LogP contribution in [-0.2, 0) is 20.9 Å². The Labute approximate surface area is 280 Å². The van der Waals surface area contributed by atoms with Gasteiger partial charge in [0.25, 0.3) is 5.91 Å². The van der Waals surface area contributed by atoms with Gasteiger partial charge in [-0.1, -0.05) is 6.42 Å². The molecule has 1 aromatic rings. The number of imide groups is 1. The minimum atomic E-state index is -0.578. The Balaban J connectivity index is 0.916. The third-order valence-corrected chi connectivity index (χ3v) is 11.4. The molecule has 5 heterocycles. The molecular weight excluding hydrogens is 594 g/mol. The van der Waals surface area contributed by atoms with Crippen molar-refractivity contribution < 1.29 is 19.2 Å². The van der Waals surface area contributed by atoms with E-state index in [0.29, 0.717) is 31.0 Å². The van der Waals surface area contributed by atoms with Crippen LogP contribution in [0.5, 0.6) is 0 Å². The molecule has 6 rings (SSSR count). The number of anilines is 1. The van der Waals surface area contributed by atoms with E-state index in [1.54, 1.807) is 4.90 Å². The van der Waals surface area contributed by atoms with Crippen molar-refractivity contribution in [2.45, 2.75) is 89.3 Å². The van der Waals surface area contributed by atoms with Crippen molar-refractivity contribution in [3.05, 3.63) is 29.3 Å². The van der Waals surface area contributed by atoms with Gasteiger partial charge in [-0.3, -0.25) is 24.5 Å². The largest absolute Gasteiger partial charge is 0.372 e. The average Bonchev–Trinajstić information content (AvgIpc) is 3.43. The Hall–Kier alpha value is -3.02. The highest BCUT2D eigenvalue weighted by Crippen LogP contribution is 2.33. The standard InChI is InChI=1S/C36H55N7O4/c44-27-37-14-22-39(23-24-40-18-12-30(13-19-40)41-16-2-1-3-17-41)15-4-5-28-10-20-42(21-11-28)31-6-7-32-29(25-31)26-43(36(32)47)33-8-9-34(45)38-35(33)46/h6-7,25,27-28,30,33H,1-5,8-24,26H2,(H,37,44)(H,38,45,46). The second-order valence-corrected chi connectivity index (χ2v) is 14.4. The number of carbonyl (C=O) groups excluding carboxylic acids is 4. The average molecular weight is 650 g/mol. The number of hydrogen-bond acceptors (Lipinski definition) is 8. The van der Waals surface area contributed by atoms with E-state index < -0.39 is 6.04 Å². The van der Waals surface area contributed by atoms with Gasteiger partial charge in [0.15, 0.2) is 0 Å². The summed E-state index contributed by atoms with van der Waals surface area (Å²) in [5.74, 6) is -0.0323. The zero-order chi connectivity index (χ0) is 32.6. The van der Waals surface area contributed by atoms with Gasteiger partial charge in [-0.15, -0.1) is 0 Å². The van der Waals surface area contributed by atoms with Crippen LogP contribution in [0, 0.1) is 5.92 Å². The van der Waals surface area contributed by atoms with Gasteiger partial charge in [0.2, 0.25) is 18.2 Å². The van der Waals surface area contributed by atoms with Crippen LogP contribution < -0.4 is 15.5 Å². The van der Waals surface area contributed by atoms with Crippen LogP contribution in [-0.4, -0.2) is 128 Å². The first-order valence-electron chi connectivity index (χ1n) is 18.4. The highest BCUT2D eigenvalue weighted by Gasteiger charge is 2.39. The second-order valence-electron chi connectivity index (χ2n) is 14.4. The number of rotatable bonds is 14. The number of amides is 4. The van der Waals surface area contributed by atoms with E-state index in [1.165, 1.54) is 71.1 Å². The maximum Gasteiger partial charge on any atom is 0.255 e. The van der Waals surface area contributed by atoms with Crippen LogP contribution in [0.3, 0.4) is 0 Å². The Kier molecular flexibility index (Phi) is 11.8. The van der Waals surface area contributed by atoms with E-state index >= 15 is 0 Å². The lowest BCUT2D eigenvalue weighted by Gasteiger charge is -2.40. The highest BCUT2D eigenvalue weighted by molar-refractivity contribution is 6.05. The molecule has 11 heteroatoms. The van der Waals surface area contributed by atoms with Crippen LogP contribution in [0.15, 0.2) is 18.2 Å². The molecule has 0 aromatic heterocycles. The summed E-state index contributed by atoms with van der Waals surface area (Å²) in [6.45, 7) is 12.3. The number of fused-ring (bicyclic) bond motifs is 1. The molecule has 2 N–H and O–H groups in total.